The third-order valence-corrected chi connectivity index (χ3v) is 16.2. The minimum Gasteiger partial charge on any atom is -0.756 e. The van der Waals surface area contributed by atoms with Crippen molar-refractivity contribution in [2.45, 2.75) is 347 Å². The van der Waals surface area contributed by atoms with Crippen LogP contribution in [-0.2, 0) is 32.7 Å². The summed E-state index contributed by atoms with van der Waals surface area (Å²) in [7, 11) is 1.19. The molecule has 0 aromatic carbocycles. The molecule has 9 nitrogen and oxygen atoms in total. The third kappa shape index (κ3) is 63.5. The van der Waals surface area contributed by atoms with Gasteiger partial charge in [0, 0.05) is 12.8 Å². The lowest BCUT2D eigenvalue weighted by molar-refractivity contribution is -0.870. The fraction of sp³-hybridized carbons (Fsp3) is 0.910. The second kappa shape index (κ2) is 59.1. The maximum atomic E-state index is 12.8. The number of phosphoric ester groups is 1. The summed E-state index contributed by atoms with van der Waals surface area (Å²) in [5.41, 5.74) is 0. The summed E-state index contributed by atoms with van der Waals surface area (Å²) in [6.45, 7) is 4.30. The number of carbonyl (C=O) groups is 2. The molecule has 2 unspecified atom stereocenters. The Balaban J connectivity index is 4.03. The predicted molar refractivity (Wildman–Crippen MR) is 328 cm³/mol. The Labute approximate surface area is 479 Å². The number of allylic oxidation sites excluding steroid dienone is 4. The molecule has 0 saturated heterocycles. The molecule has 2 atom stereocenters. The molecule has 0 aliphatic carbocycles. The Hall–Kier alpha value is -1.51. The van der Waals surface area contributed by atoms with Gasteiger partial charge in [-0.1, -0.05) is 308 Å². The molecule has 0 fully saturated rings. The van der Waals surface area contributed by atoms with Crippen LogP contribution in [0.3, 0.4) is 0 Å². The van der Waals surface area contributed by atoms with Crippen LogP contribution >= 0.6 is 7.82 Å². The first-order valence-electron chi connectivity index (χ1n) is 33.5. The van der Waals surface area contributed by atoms with Crippen molar-refractivity contribution in [2.24, 2.45) is 0 Å². The Kier molecular flexibility index (Phi) is 58.0. The summed E-state index contributed by atoms with van der Waals surface area (Å²) < 4.78 is 34.3. The number of ether oxygens (including phenoxy) is 2. The van der Waals surface area contributed by atoms with Crippen LogP contribution < -0.4 is 4.89 Å². The van der Waals surface area contributed by atoms with Crippen molar-refractivity contribution < 1.29 is 42.1 Å². The van der Waals surface area contributed by atoms with Crippen molar-refractivity contribution >= 4 is 19.8 Å². The van der Waals surface area contributed by atoms with Gasteiger partial charge in [0.25, 0.3) is 7.82 Å². The van der Waals surface area contributed by atoms with Crippen LogP contribution in [0, 0.1) is 0 Å². The molecule has 0 N–H and O–H groups in total. The molecular weight excluding hydrogens is 978 g/mol. The molecule has 0 amide bonds. The summed E-state index contributed by atoms with van der Waals surface area (Å²) in [5.74, 6) is -0.811. The molecule has 0 rings (SSSR count). The van der Waals surface area contributed by atoms with Crippen LogP contribution in [-0.4, -0.2) is 70.0 Å². The number of esters is 2. The Bertz CT molecular complexity index is 1350. The van der Waals surface area contributed by atoms with E-state index >= 15 is 0 Å². The molecule has 0 aliphatic heterocycles. The van der Waals surface area contributed by atoms with Gasteiger partial charge in [0.15, 0.2) is 6.10 Å². The Morgan fingerprint density at radius 2 is 0.701 bits per heavy atom. The largest absolute Gasteiger partial charge is 0.756 e. The van der Waals surface area contributed by atoms with Gasteiger partial charge >= 0.3 is 11.9 Å². The number of quaternary nitrogens is 1. The highest BCUT2D eigenvalue weighted by atomic mass is 31.2. The fourth-order valence-corrected chi connectivity index (χ4v) is 10.8. The first kappa shape index (κ1) is 75.5. The van der Waals surface area contributed by atoms with Crippen molar-refractivity contribution in [3.8, 4) is 0 Å². The van der Waals surface area contributed by atoms with Crippen LogP contribution in [0.5, 0.6) is 0 Å². The number of hydrogen-bond donors (Lipinski definition) is 0. The standard InChI is InChI=1S/C67H130NO8P/c1-6-8-10-12-14-16-18-20-22-24-26-28-30-32-34-36-38-40-42-44-46-48-50-52-54-56-58-60-67(70)76-65(64-75-77(71,72)74-62-61-68(3,4)5)63-73-66(69)59-57-55-53-51-49-47-45-43-41-39-37-35-33-31-29-27-25-23-21-19-17-15-13-11-9-7-2/h18,20,24,26,65H,6-17,19,21-23,25,27-64H2,1-5H3/b20-18-,26-24-. The van der Waals surface area contributed by atoms with Crippen molar-refractivity contribution in [3.05, 3.63) is 24.3 Å². The van der Waals surface area contributed by atoms with Gasteiger partial charge in [-0.25, -0.2) is 0 Å². The van der Waals surface area contributed by atoms with Gasteiger partial charge in [0.2, 0.25) is 0 Å². The van der Waals surface area contributed by atoms with E-state index in [0.29, 0.717) is 17.4 Å². The summed E-state index contributed by atoms with van der Waals surface area (Å²) in [6, 6.07) is 0. The highest BCUT2D eigenvalue weighted by Crippen LogP contribution is 2.38. The van der Waals surface area contributed by atoms with Crippen LogP contribution in [0.1, 0.15) is 341 Å². The van der Waals surface area contributed by atoms with E-state index in [9.17, 15) is 19.0 Å². The zero-order chi connectivity index (χ0) is 56.3. The molecule has 0 bridgehead atoms. The number of rotatable bonds is 63. The monoisotopic (exact) mass is 1110 g/mol. The van der Waals surface area contributed by atoms with E-state index < -0.39 is 26.5 Å². The maximum absolute atomic E-state index is 12.8. The van der Waals surface area contributed by atoms with Crippen LogP contribution in [0.15, 0.2) is 24.3 Å². The summed E-state index contributed by atoms with van der Waals surface area (Å²) in [6.07, 6.45) is 72.5. The number of likely N-dealkylation sites (N-methyl/N-ethyl adjacent to an activating group) is 1. The van der Waals surface area contributed by atoms with E-state index in [4.69, 9.17) is 18.5 Å². The predicted octanol–water partition coefficient (Wildman–Crippen LogP) is 20.7. The second-order valence-corrected chi connectivity index (χ2v) is 25.6. The lowest BCUT2D eigenvalue weighted by Crippen LogP contribution is -2.37. The van der Waals surface area contributed by atoms with Crippen LogP contribution in [0.25, 0.3) is 0 Å². The van der Waals surface area contributed by atoms with Crippen molar-refractivity contribution in [1.82, 2.24) is 0 Å². The highest BCUT2D eigenvalue weighted by Gasteiger charge is 2.22. The summed E-state index contributed by atoms with van der Waals surface area (Å²) >= 11 is 0. The average Bonchev–Trinajstić information content (AvgIpc) is 3.39. The van der Waals surface area contributed by atoms with E-state index in [-0.39, 0.29) is 32.0 Å². The molecule has 0 radical (unpaired) electrons. The van der Waals surface area contributed by atoms with Gasteiger partial charge in [-0.3, -0.25) is 14.2 Å². The van der Waals surface area contributed by atoms with E-state index in [1.165, 1.54) is 270 Å². The zero-order valence-corrected chi connectivity index (χ0v) is 52.8. The molecule has 0 aromatic heterocycles. The zero-order valence-electron chi connectivity index (χ0n) is 51.9. The molecular formula is C67H130NO8P. The number of hydrogen-bond acceptors (Lipinski definition) is 8. The van der Waals surface area contributed by atoms with E-state index in [0.717, 1.165) is 38.5 Å². The third-order valence-electron chi connectivity index (χ3n) is 15.2. The first-order chi connectivity index (χ1) is 37.5. The van der Waals surface area contributed by atoms with Crippen LogP contribution in [0.4, 0.5) is 0 Å². The average molecular weight is 1110 g/mol. The normalized spacial score (nSPS) is 13.3. The molecule has 0 spiro atoms. The van der Waals surface area contributed by atoms with Gasteiger partial charge < -0.3 is 27.9 Å². The minimum atomic E-state index is -4.64. The Morgan fingerprint density at radius 1 is 0.403 bits per heavy atom. The van der Waals surface area contributed by atoms with Crippen molar-refractivity contribution in [3.63, 3.8) is 0 Å². The smallest absolute Gasteiger partial charge is 0.306 e. The fourth-order valence-electron chi connectivity index (χ4n) is 10.0. The molecule has 0 saturated carbocycles. The first-order valence-corrected chi connectivity index (χ1v) is 35.0. The minimum absolute atomic E-state index is 0.0274. The van der Waals surface area contributed by atoms with Gasteiger partial charge in [0.1, 0.15) is 19.8 Å². The molecule has 10 heteroatoms. The van der Waals surface area contributed by atoms with Gasteiger partial charge in [-0.15, -0.1) is 0 Å². The lowest BCUT2D eigenvalue weighted by Gasteiger charge is -2.28. The molecule has 0 aromatic rings. The Morgan fingerprint density at radius 3 is 1.03 bits per heavy atom. The number of nitrogens with zero attached hydrogens (tertiary/aromatic N) is 1. The van der Waals surface area contributed by atoms with E-state index in [1.807, 2.05) is 21.1 Å². The second-order valence-electron chi connectivity index (χ2n) is 24.2. The van der Waals surface area contributed by atoms with Gasteiger partial charge in [-0.05, 0) is 44.9 Å². The lowest BCUT2D eigenvalue weighted by atomic mass is 10.0. The van der Waals surface area contributed by atoms with Crippen LogP contribution in [0.2, 0.25) is 0 Å². The number of unbranched alkanes of at least 4 members (excludes halogenated alkanes) is 45. The van der Waals surface area contributed by atoms with E-state index in [2.05, 4.69) is 38.2 Å². The van der Waals surface area contributed by atoms with E-state index in [1.54, 1.807) is 0 Å². The van der Waals surface area contributed by atoms with Crippen molar-refractivity contribution in [2.75, 3.05) is 47.5 Å². The number of carbonyl (C=O) groups excluding carboxylic acids is 2. The molecule has 77 heavy (non-hydrogen) atoms. The molecule has 456 valence electrons. The quantitative estimate of drug-likeness (QED) is 0.0195. The van der Waals surface area contributed by atoms with Gasteiger partial charge in [-0.2, -0.15) is 0 Å². The van der Waals surface area contributed by atoms with Gasteiger partial charge in [0.05, 0.1) is 27.7 Å². The topological polar surface area (TPSA) is 111 Å². The summed E-state index contributed by atoms with van der Waals surface area (Å²) in [4.78, 5) is 38.0. The maximum Gasteiger partial charge on any atom is 0.306 e. The number of phosphoric acid groups is 1. The SMILES string of the molecule is CCCCCCC/C=C\C/C=C\CCCCCCCCCCCCCCCCCC(=O)OC(COC(=O)CCCCCCCCCCCCCCCCCCCCCCCCCCCC)COP(=O)([O-])OCC[N+](C)(C)C. The molecule has 0 heterocycles. The highest BCUT2D eigenvalue weighted by molar-refractivity contribution is 7.45. The molecule has 0 aliphatic rings. The van der Waals surface area contributed by atoms with Crippen molar-refractivity contribution in [1.29, 1.82) is 0 Å². The summed E-state index contributed by atoms with van der Waals surface area (Å²) in [5, 5.41) is 0.